The first-order valence-electron chi connectivity index (χ1n) is 9.75. The fourth-order valence-corrected chi connectivity index (χ4v) is 3.75. The molecule has 2 heterocycles. The molecule has 3 aromatic rings. The molecule has 4 rings (SSSR count). The van der Waals surface area contributed by atoms with Crippen LogP contribution in [-0.4, -0.2) is 44.9 Å². The van der Waals surface area contributed by atoms with Gasteiger partial charge in [0.05, 0.1) is 16.0 Å². The number of fused-ring (bicyclic) bond motifs is 1. The Labute approximate surface area is 168 Å². The lowest BCUT2D eigenvalue weighted by molar-refractivity contribution is -0.384. The van der Waals surface area contributed by atoms with Gasteiger partial charge in [0.25, 0.3) is 11.6 Å². The van der Waals surface area contributed by atoms with Crippen molar-refractivity contribution in [1.29, 1.82) is 0 Å². The van der Waals surface area contributed by atoms with Gasteiger partial charge in [-0.15, -0.1) is 0 Å². The van der Waals surface area contributed by atoms with Crippen molar-refractivity contribution in [2.45, 2.75) is 19.3 Å². The van der Waals surface area contributed by atoms with Gasteiger partial charge < -0.3 is 14.8 Å². The molecule has 8 nitrogen and oxygen atoms in total. The van der Waals surface area contributed by atoms with Gasteiger partial charge in [0.2, 0.25) is 0 Å². The highest BCUT2D eigenvalue weighted by Crippen LogP contribution is 2.21. The van der Waals surface area contributed by atoms with Crippen molar-refractivity contribution in [3.8, 4) is 0 Å². The van der Waals surface area contributed by atoms with E-state index in [4.69, 9.17) is 4.98 Å². The second-order valence-corrected chi connectivity index (χ2v) is 7.35. The summed E-state index contributed by atoms with van der Waals surface area (Å²) in [6.07, 6.45) is 3.45. The van der Waals surface area contributed by atoms with E-state index in [1.165, 1.54) is 50.2 Å². The zero-order valence-electron chi connectivity index (χ0n) is 16.3. The molecule has 1 aliphatic rings. The quantitative estimate of drug-likeness (QED) is 0.512. The number of carbonyl (C=O) groups is 1. The lowest BCUT2D eigenvalue weighted by atomic mass is 10.2. The molecule has 0 aliphatic carbocycles. The average Bonchev–Trinajstić information content (AvgIpc) is 3.34. The lowest BCUT2D eigenvalue weighted by Crippen LogP contribution is -2.22. The molecule has 1 N–H and O–H groups in total. The summed E-state index contributed by atoms with van der Waals surface area (Å²) in [6.45, 7) is 3.35. The van der Waals surface area contributed by atoms with E-state index >= 15 is 0 Å². The summed E-state index contributed by atoms with van der Waals surface area (Å²) in [5.41, 5.74) is 2.83. The third kappa shape index (κ3) is 4.12. The van der Waals surface area contributed by atoms with Crippen LogP contribution in [0.15, 0.2) is 42.5 Å². The van der Waals surface area contributed by atoms with Crippen LogP contribution in [0.4, 0.5) is 11.4 Å². The first kappa shape index (κ1) is 19.1. The fraction of sp³-hybridized carbons (Fsp3) is 0.333. The Balaban J connectivity index is 1.47. The van der Waals surface area contributed by atoms with Gasteiger partial charge in [0, 0.05) is 43.4 Å². The normalized spacial score (nSPS) is 14.4. The molecule has 29 heavy (non-hydrogen) atoms. The molecule has 0 bridgehead atoms. The molecule has 0 saturated carbocycles. The number of nitrogens with one attached hydrogen (secondary N) is 1. The number of carbonyl (C=O) groups excluding carboxylic acids is 1. The number of amides is 1. The molecule has 1 amide bonds. The van der Waals surface area contributed by atoms with E-state index in [1.54, 1.807) is 0 Å². The third-order valence-electron chi connectivity index (χ3n) is 5.42. The highest BCUT2D eigenvalue weighted by molar-refractivity contribution is 6.05. The molecule has 1 aliphatic heterocycles. The SMILES string of the molecule is Cn1c(CCN2CCCC2)nc2cc(NC(=O)c3ccc([N+](=O)[O-])cc3)ccc21. The van der Waals surface area contributed by atoms with Gasteiger partial charge in [0.15, 0.2) is 0 Å². The Morgan fingerprint density at radius 2 is 1.90 bits per heavy atom. The van der Waals surface area contributed by atoms with E-state index in [9.17, 15) is 14.9 Å². The van der Waals surface area contributed by atoms with E-state index in [0.29, 0.717) is 11.3 Å². The number of rotatable bonds is 6. The molecule has 1 fully saturated rings. The molecule has 1 aromatic heterocycles. The van der Waals surface area contributed by atoms with Crippen molar-refractivity contribution < 1.29 is 9.72 Å². The first-order chi connectivity index (χ1) is 14.0. The number of aromatic nitrogens is 2. The number of nitrogens with zero attached hydrogens (tertiary/aromatic N) is 4. The molecular weight excluding hydrogens is 370 g/mol. The molecule has 0 unspecified atom stereocenters. The minimum atomic E-state index is -0.488. The summed E-state index contributed by atoms with van der Waals surface area (Å²) in [7, 11) is 2.02. The van der Waals surface area contributed by atoms with Crippen LogP contribution < -0.4 is 5.32 Å². The van der Waals surface area contributed by atoms with Crippen molar-refractivity contribution in [2.75, 3.05) is 25.0 Å². The highest BCUT2D eigenvalue weighted by atomic mass is 16.6. The molecular formula is C21H23N5O3. The highest BCUT2D eigenvalue weighted by Gasteiger charge is 2.15. The summed E-state index contributed by atoms with van der Waals surface area (Å²) in [6, 6.07) is 11.2. The zero-order chi connectivity index (χ0) is 20.4. The zero-order valence-corrected chi connectivity index (χ0v) is 16.3. The van der Waals surface area contributed by atoms with E-state index in [0.717, 1.165) is 29.8 Å². The van der Waals surface area contributed by atoms with Crippen LogP contribution in [0.25, 0.3) is 11.0 Å². The van der Waals surface area contributed by atoms with E-state index in [1.807, 2.05) is 25.2 Å². The topological polar surface area (TPSA) is 93.3 Å². The number of imidazole rings is 1. The maximum atomic E-state index is 12.4. The molecule has 2 aromatic carbocycles. The van der Waals surface area contributed by atoms with Crippen molar-refractivity contribution in [1.82, 2.24) is 14.5 Å². The number of nitro groups is 1. The number of benzene rings is 2. The number of non-ortho nitro benzene ring substituents is 1. The average molecular weight is 393 g/mol. The number of hydrogen-bond acceptors (Lipinski definition) is 5. The van der Waals surface area contributed by atoms with Crippen LogP contribution in [-0.2, 0) is 13.5 Å². The summed E-state index contributed by atoms with van der Waals surface area (Å²) < 4.78 is 2.10. The molecule has 1 saturated heterocycles. The van der Waals surface area contributed by atoms with Gasteiger partial charge in [-0.25, -0.2) is 4.98 Å². The Morgan fingerprint density at radius 1 is 1.17 bits per heavy atom. The maximum absolute atomic E-state index is 12.4. The van der Waals surface area contributed by atoms with Crippen molar-refractivity contribution in [3.63, 3.8) is 0 Å². The smallest absolute Gasteiger partial charge is 0.269 e. The van der Waals surface area contributed by atoms with Crippen LogP contribution in [0.2, 0.25) is 0 Å². The van der Waals surface area contributed by atoms with Gasteiger partial charge in [-0.05, 0) is 56.3 Å². The van der Waals surface area contributed by atoms with Gasteiger partial charge in [-0.2, -0.15) is 0 Å². The Kier molecular flexibility index (Phi) is 5.26. The van der Waals surface area contributed by atoms with Gasteiger partial charge in [0.1, 0.15) is 5.82 Å². The third-order valence-corrected chi connectivity index (χ3v) is 5.42. The molecule has 150 valence electrons. The number of likely N-dealkylation sites (tertiary alicyclic amines) is 1. The monoisotopic (exact) mass is 393 g/mol. The minimum absolute atomic E-state index is 0.0436. The fourth-order valence-electron chi connectivity index (χ4n) is 3.75. The van der Waals surface area contributed by atoms with Crippen LogP contribution >= 0.6 is 0 Å². The number of nitro benzene ring substituents is 1. The number of anilines is 1. The van der Waals surface area contributed by atoms with Gasteiger partial charge in [-0.3, -0.25) is 14.9 Å². The lowest BCUT2D eigenvalue weighted by Gasteiger charge is -2.13. The Morgan fingerprint density at radius 3 is 2.59 bits per heavy atom. The van der Waals surface area contributed by atoms with Crippen LogP contribution in [0.5, 0.6) is 0 Å². The summed E-state index contributed by atoms with van der Waals surface area (Å²) in [5.74, 6) is 0.718. The molecule has 0 radical (unpaired) electrons. The van der Waals surface area contributed by atoms with Crippen LogP contribution in [0.1, 0.15) is 29.0 Å². The first-order valence-corrected chi connectivity index (χ1v) is 9.75. The molecule has 8 heteroatoms. The molecule has 0 spiro atoms. The van der Waals surface area contributed by atoms with Crippen LogP contribution in [0, 0.1) is 10.1 Å². The summed E-state index contributed by atoms with van der Waals surface area (Å²) in [5, 5.41) is 13.6. The predicted molar refractivity (Wildman–Crippen MR) is 111 cm³/mol. The standard InChI is InChI=1S/C21H23N5O3/c1-24-19-9-6-16(22-21(27)15-4-7-17(8-5-15)26(28)29)14-18(19)23-20(24)10-13-25-11-2-3-12-25/h4-9,14H,2-3,10-13H2,1H3,(H,22,27). The maximum Gasteiger partial charge on any atom is 0.269 e. The molecule has 0 atom stereocenters. The van der Waals surface area contributed by atoms with E-state index in [-0.39, 0.29) is 11.6 Å². The number of aryl methyl sites for hydroxylation is 1. The second kappa shape index (κ2) is 8.00. The van der Waals surface area contributed by atoms with Crippen molar-refractivity contribution in [3.05, 3.63) is 64.0 Å². The van der Waals surface area contributed by atoms with Gasteiger partial charge in [-0.1, -0.05) is 0 Å². The van der Waals surface area contributed by atoms with Crippen LogP contribution in [0.3, 0.4) is 0 Å². The van der Waals surface area contributed by atoms with E-state index in [2.05, 4.69) is 14.8 Å². The summed E-state index contributed by atoms with van der Waals surface area (Å²) in [4.78, 5) is 29.9. The second-order valence-electron chi connectivity index (χ2n) is 7.35. The van der Waals surface area contributed by atoms with Crippen molar-refractivity contribution in [2.24, 2.45) is 7.05 Å². The predicted octanol–water partition coefficient (Wildman–Crippen LogP) is 3.37. The minimum Gasteiger partial charge on any atom is -0.331 e. The summed E-state index contributed by atoms with van der Waals surface area (Å²) >= 11 is 0. The number of hydrogen-bond donors (Lipinski definition) is 1. The van der Waals surface area contributed by atoms with Crippen molar-refractivity contribution >= 4 is 28.3 Å². The van der Waals surface area contributed by atoms with E-state index < -0.39 is 4.92 Å². The Bertz CT molecular complexity index is 1050. The largest absolute Gasteiger partial charge is 0.331 e. The Hall–Kier alpha value is -3.26. The van der Waals surface area contributed by atoms with Gasteiger partial charge >= 0.3 is 0 Å².